The highest BCUT2D eigenvalue weighted by Gasteiger charge is 2.11. The fourth-order valence-corrected chi connectivity index (χ4v) is 1.94. The Morgan fingerprint density at radius 3 is 2.56 bits per heavy atom. The average molecular weight is 246 g/mol. The molecule has 0 aliphatic carbocycles. The molecule has 0 N–H and O–H groups in total. The Bertz CT molecular complexity index is 660. The molecule has 0 bridgehead atoms. The maximum Gasteiger partial charge on any atom is 0.356 e. The third kappa shape index (κ3) is 1.85. The maximum atomic E-state index is 12.1. The van der Waals surface area contributed by atoms with E-state index in [0.29, 0.717) is 11.6 Å². The second kappa shape index (κ2) is 4.40. The van der Waals surface area contributed by atoms with Gasteiger partial charge in [-0.2, -0.15) is 9.97 Å². The van der Waals surface area contributed by atoms with Gasteiger partial charge >= 0.3 is 5.69 Å². The predicted octanol–water partition coefficient (Wildman–Crippen LogP) is 1.47. The highest BCUT2D eigenvalue weighted by Crippen LogP contribution is 2.15. The van der Waals surface area contributed by atoms with E-state index < -0.39 is 0 Å². The van der Waals surface area contributed by atoms with Gasteiger partial charge in [0.25, 0.3) is 0 Å². The van der Waals surface area contributed by atoms with Crippen molar-refractivity contribution in [1.29, 1.82) is 0 Å². The van der Waals surface area contributed by atoms with Crippen molar-refractivity contribution in [2.75, 3.05) is 18.5 Å². The van der Waals surface area contributed by atoms with E-state index in [2.05, 4.69) is 9.97 Å². The lowest BCUT2D eigenvalue weighted by Gasteiger charge is -2.16. The number of rotatable bonds is 2. The van der Waals surface area contributed by atoms with Crippen molar-refractivity contribution in [2.45, 2.75) is 27.7 Å². The first kappa shape index (κ1) is 12.5. The van der Waals surface area contributed by atoms with Crippen LogP contribution in [0.25, 0.3) is 5.65 Å². The van der Waals surface area contributed by atoms with Crippen LogP contribution in [0.4, 0.5) is 5.95 Å². The number of anilines is 1. The number of hydrogen-bond donors (Lipinski definition) is 0. The highest BCUT2D eigenvalue weighted by atomic mass is 16.1. The molecule has 0 saturated carbocycles. The summed E-state index contributed by atoms with van der Waals surface area (Å²) in [6.45, 7) is 8.66. The molecule has 0 saturated heterocycles. The molecular formula is C13H18N4O. The minimum atomic E-state index is -0.268. The first-order chi connectivity index (χ1) is 8.45. The van der Waals surface area contributed by atoms with Crippen molar-refractivity contribution in [2.24, 2.45) is 0 Å². The molecule has 0 spiro atoms. The molecular weight excluding hydrogens is 228 g/mol. The Labute approximate surface area is 106 Å². The van der Waals surface area contributed by atoms with Gasteiger partial charge in [-0.25, -0.2) is 9.20 Å². The highest BCUT2D eigenvalue weighted by molar-refractivity contribution is 5.54. The van der Waals surface area contributed by atoms with Gasteiger partial charge in [-0.3, -0.25) is 0 Å². The smallest absolute Gasteiger partial charge is 0.344 e. The van der Waals surface area contributed by atoms with Gasteiger partial charge in [0.2, 0.25) is 5.95 Å². The molecule has 96 valence electrons. The average Bonchev–Trinajstić information content (AvgIpc) is 2.34. The largest absolute Gasteiger partial charge is 0.356 e. The molecule has 0 amide bonds. The van der Waals surface area contributed by atoms with E-state index in [1.165, 1.54) is 0 Å². The normalized spacial score (nSPS) is 10.9. The number of hydrogen-bond acceptors (Lipinski definition) is 4. The predicted molar refractivity (Wildman–Crippen MR) is 72.4 cm³/mol. The molecule has 5 nitrogen and oxygen atoms in total. The third-order valence-corrected chi connectivity index (χ3v) is 3.33. The van der Waals surface area contributed by atoms with Gasteiger partial charge in [-0.15, -0.1) is 0 Å². The van der Waals surface area contributed by atoms with Crippen LogP contribution < -0.4 is 10.6 Å². The maximum absolute atomic E-state index is 12.1. The van der Waals surface area contributed by atoms with Crippen LogP contribution in [0.15, 0.2) is 10.9 Å². The van der Waals surface area contributed by atoms with E-state index in [0.717, 1.165) is 23.4 Å². The van der Waals surface area contributed by atoms with E-state index in [1.807, 2.05) is 45.7 Å². The molecule has 2 rings (SSSR count). The molecule has 0 fully saturated rings. The summed E-state index contributed by atoms with van der Waals surface area (Å²) in [4.78, 5) is 22.5. The fraction of sp³-hybridized carbons (Fsp3) is 0.462. The second-order valence-electron chi connectivity index (χ2n) is 4.57. The standard InChI is InChI=1S/C13H18N4O/c1-6-16(5)12-14-11-10(4)8(2)7-9(3)17(11)13(18)15-12/h7H,6H2,1-5H3. The Hall–Kier alpha value is -1.91. The van der Waals surface area contributed by atoms with Crippen LogP contribution in [-0.2, 0) is 0 Å². The second-order valence-corrected chi connectivity index (χ2v) is 4.57. The zero-order chi connectivity index (χ0) is 13.4. The van der Waals surface area contributed by atoms with Gasteiger partial charge in [-0.05, 0) is 44.9 Å². The monoisotopic (exact) mass is 246 g/mol. The molecule has 0 aromatic carbocycles. The quantitative estimate of drug-likeness (QED) is 0.805. The summed E-state index contributed by atoms with van der Waals surface area (Å²) in [6.07, 6.45) is 0. The summed E-state index contributed by atoms with van der Waals surface area (Å²) in [5, 5.41) is 0. The minimum absolute atomic E-state index is 0.268. The lowest BCUT2D eigenvalue weighted by molar-refractivity contribution is 0.840. The van der Waals surface area contributed by atoms with Crippen LogP contribution in [0.2, 0.25) is 0 Å². The van der Waals surface area contributed by atoms with Crippen LogP contribution in [-0.4, -0.2) is 28.0 Å². The summed E-state index contributed by atoms with van der Waals surface area (Å²) < 4.78 is 1.56. The molecule has 0 radical (unpaired) electrons. The Morgan fingerprint density at radius 2 is 1.94 bits per heavy atom. The van der Waals surface area contributed by atoms with Crippen molar-refractivity contribution in [3.8, 4) is 0 Å². The first-order valence-corrected chi connectivity index (χ1v) is 6.04. The molecule has 2 heterocycles. The Morgan fingerprint density at radius 1 is 1.28 bits per heavy atom. The van der Waals surface area contributed by atoms with Crippen molar-refractivity contribution < 1.29 is 0 Å². The van der Waals surface area contributed by atoms with Gasteiger partial charge in [0.1, 0.15) is 5.65 Å². The van der Waals surface area contributed by atoms with Crippen LogP contribution in [0.3, 0.4) is 0 Å². The van der Waals surface area contributed by atoms with Crippen molar-refractivity contribution in [3.63, 3.8) is 0 Å². The summed E-state index contributed by atoms with van der Waals surface area (Å²) in [5.74, 6) is 0.482. The van der Waals surface area contributed by atoms with E-state index in [4.69, 9.17) is 0 Å². The van der Waals surface area contributed by atoms with Crippen molar-refractivity contribution in [1.82, 2.24) is 14.4 Å². The summed E-state index contributed by atoms with van der Waals surface area (Å²) in [5.41, 5.74) is 3.45. The number of aryl methyl sites for hydroxylation is 3. The fourth-order valence-electron chi connectivity index (χ4n) is 1.94. The molecule has 0 aliphatic heterocycles. The lowest BCUT2D eigenvalue weighted by atomic mass is 10.1. The van der Waals surface area contributed by atoms with Crippen LogP contribution in [0.1, 0.15) is 23.7 Å². The summed E-state index contributed by atoms with van der Waals surface area (Å²) in [6, 6.07) is 1.98. The number of nitrogens with zero attached hydrogens (tertiary/aromatic N) is 4. The van der Waals surface area contributed by atoms with Gasteiger partial charge in [-0.1, -0.05) is 0 Å². The van der Waals surface area contributed by atoms with Crippen LogP contribution in [0.5, 0.6) is 0 Å². The van der Waals surface area contributed by atoms with E-state index >= 15 is 0 Å². The number of fused-ring (bicyclic) bond motifs is 1. The van der Waals surface area contributed by atoms with E-state index in [9.17, 15) is 4.79 Å². The van der Waals surface area contributed by atoms with Gasteiger partial charge in [0.15, 0.2) is 0 Å². The summed E-state index contributed by atoms with van der Waals surface area (Å²) >= 11 is 0. The molecule has 0 unspecified atom stereocenters. The molecule has 0 atom stereocenters. The lowest BCUT2D eigenvalue weighted by Crippen LogP contribution is -2.27. The molecule has 5 heteroatoms. The third-order valence-electron chi connectivity index (χ3n) is 3.33. The SMILES string of the molecule is CCN(C)c1nc(=O)n2c(C)cc(C)c(C)c2n1. The van der Waals surface area contributed by atoms with Gasteiger partial charge in [0.05, 0.1) is 0 Å². The topological polar surface area (TPSA) is 50.5 Å². The number of aromatic nitrogens is 3. The minimum Gasteiger partial charge on any atom is -0.344 e. The number of pyridine rings is 1. The molecule has 2 aromatic heterocycles. The van der Waals surface area contributed by atoms with E-state index in [-0.39, 0.29) is 5.69 Å². The zero-order valence-corrected chi connectivity index (χ0v) is 11.5. The van der Waals surface area contributed by atoms with Gasteiger partial charge < -0.3 is 4.90 Å². The van der Waals surface area contributed by atoms with E-state index in [1.54, 1.807) is 4.40 Å². The molecule has 2 aromatic rings. The Balaban J connectivity index is 2.87. The van der Waals surface area contributed by atoms with Crippen molar-refractivity contribution in [3.05, 3.63) is 33.4 Å². The molecule has 18 heavy (non-hydrogen) atoms. The first-order valence-electron chi connectivity index (χ1n) is 6.04. The van der Waals surface area contributed by atoms with Crippen LogP contribution >= 0.6 is 0 Å². The van der Waals surface area contributed by atoms with Crippen LogP contribution in [0, 0.1) is 20.8 Å². The molecule has 0 aliphatic rings. The van der Waals surface area contributed by atoms with Crippen molar-refractivity contribution >= 4 is 11.6 Å². The Kier molecular flexibility index (Phi) is 3.07. The zero-order valence-electron chi connectivity index (χ0n) is 11.5. The summed E-state index contributed by atoms with van der Waals surface area (Å²) in [7, 11) is 1.88. The van der Waals surface area contributed by atoms with Gasteiger partial charge in [0, 0.05) is 19.3 Å².